The van der Waals surface area contributed by atoms with Crippen molar-refractivity contribution >= 4 is 17.3 Å². The Labute approximate surface area is 126 Å². The third-order valence-electron chi connectivity index (χ3n) is 3.59. The second-order valence-corrected chi connectivity index (χ2v) is 5.52. The van der Waals surface area contributed by atoms with Crippen molar-refractivity contribution < 1.29 is 0 Å². The van der Waals surface area contributed by atoms with Gasteiger partial charge in [-0.05, 0) is 40.8 Å². The highest BCUT2D eigenvalue weighted by Gasteiger charge is 2.07. The van der Waals surface area contributed by atoms with Crippen molar-refractivity contribution in [3.8, 4) is 0 Å². The predicted octanol–water partition coefficient (Wildman–Crippen LogP) is 2.30. The molecule has 0 aliphatic carbocycles. The van der Waals surface area contributed by atoms with E-state index in [1.807, 2.05) is 16.8 Å². The first-order valence-corrected chi connectivity index (χ1v) is 7.63. The smallest absolute Gasteiger partial charge is 0.180 e. The zero-order valence-corrected chi connectivity index (χ0v) is 13.4. The Bertz CT molecular complexity index is 562. The lowest BCUT2D eigenvalue weighted by atomic mass is 10.3. The van der Waals surface area contributed by atoms with E-state index in [1.165, 1.54) is 0 Å². The van der Waals surface area contributed by atoms with Crippen molar-refractivity contribution in [3.05, 3.63) is 18.6 Å². The van der Waals surface area contributed by atoms with Gasteiger partial charge in [-0.1, -0.05) is 0 Å². The SMILES string of the molecule is CCNc1cn2ccnc2c(NCCCN(C)C(C)C)n1. The molecule has 2 N–H and O–H groups in total. The molecule has 0 saturated heterocycles. The van der Waals surface area contributed by atoms with E-state index in [0.29, 0.717) is 6.04 Å². The van der Waals surface area contributed by atoms with Crippen molar-refractivity contribution in [1.82, 2.24) is 19.3 Å². The molecule has 0 bridgehead atoms. The van der Waals surface area contributed by atoms with E-state index >= 15 is 0 Å². The highest BCUT2D eigenvalue weighted by Crippen LogP contribution is 2.16. The van der Waals surface area contributed by atoms with Gasteiger partial charge < -0.3 is 19.9 Å². The molecule has 0 aliphatic heterocycles. The summed E-state index contributed by atoms with van der Waals surface area (Å²) < 4.78 is 1.99. The van der Waals surface area contributed by atoms with Crippen molar-refractivity contribution in [3.63, 3.8) is 0 Å². The molecule has 2 heterocycles. The van der Waals surface area contributed by atoms with Crippen LogP contribution in [-0.4, -0.2) is 52.0 Å². The number of imidazole rings is 1. The average molecular weight is 290 g/mol. The van der Waals surface area contributed by atoms with Gasteiger partial charge in [-0.25, -0.2) is 9.97 Å². The third kappa shape index (κ3) is 4.07. The molecular formula is C15H26N6. The quantitative estimate of drug-likeness (QED) is 0.731. The van der Waals surface area contributed by atoms with Crippen molar-refractivity contribution in [2.45, 2.75) is 33.2 Å². The lowest BCUT2D eigenvalue weighted by Gasteiger charge is -2.20. The summed E-state index contributed by atoms with van der Waals surface area (Å²) in [5.74, 6) is 1.70. The summed E-state index contributed by atoms with van der Waals surface area (Å²) >= 11 is 0. The second kappa shape index (κ2) is 7.26. The summed E-state index contributed by atoms with van der Waals surface area (Å²) in [5.41, 5.74) is 0.869. The molecule has 2 rings (SSSR count). The van der Waals surface area contributed by atoms with Crippen LogP contribution < -0.4 is 10.6 Å². The molecular weight excluding hydrogens is 264 g/mol. The molecule has 21 heavy (non-hydrogen) atoms. The van der Waals surface area contributed by atoms with Gasteiger partial charge in [0.1, 0.15) is 5.82 Å². The van der Waals surface area contributed by atoms with Gasteiger partial charge in [-0.15, -0.1) is 0 Å². The monoisotopic (exact) mass is 290 g/mol. The highest BCUT2D eigenvalue weighted by molar-refractivity contribution is 5.65. The van der Waals surface area contributed by atoms with Gasteiger partial charge in [-0.2, -0.15) is 0 Å². The van der Waals surface area contributed by atoms with Gasteiger partial charge in [0.15, 0.2) is 11.5 Å². The summed E-state index contributed by atoms with van der Waals surface area (Å²) in [6.07, 6.45) is 6.78. The molecule has 6 nitrogen and oxygen atoms in total. The predicted molar refractivity (Wildman–Crippen MR) is 88.0 cm³/mol. The van der Waals surface area contributed by atoms with Crippen LogP contribution in [0.1, 0.15) is 27.2 Å². The van der Waals surface area contributed by atoms with Crippen LogP contribution in [0.5, 0.6) is 0 Å². The van der Waals surface area contributed by atoms with E-state index in [-0.39, 0.29) is 0 Å². The fraction of sp³-hybridized carbons (Fsp3) is 0.600. The molecule has 0 atom stereocenters. The largest absolute Gasteiger partial charge is 0.369 e. The fourth-order valence-electron chi connectivity index (χ4n) is 2.11. The minimum absolute atomic E-state index is 0.583. The van der Waals surface area contributed by atoms with Gasteiger partial charge in [0.2, 0.25) is 0 Å². The van der Waals surface area contributed by atoms with E-state index in [2.05, 4.69) is 53.3 Å². The minimum Gasteiger partial charge on any atom is -0.369 e. The van der Waals surface area contributed by atoms with E-state index in [4.69, 9.17) is 0 Å². The Hall–Kier alpha value is -1.82. The summed E-state index contributed by atoms with van der Waals surface area (Å²) in [5, 5.41) is 6.65. The first-order valence-electron chi connectivity index (χ1n) is 7.63. The standard InChI is InChI=1S/C15H26N6/c1-5-16-13-11-21-10-8-18-15(21)14(19-13)17-7-6-9-20(4)12(2)3/h8,10-12,16H,5-7,9H2,1-4H3,(H,17,19). The molecule has 6 heteroatoms. The summed E-state index contributed by atoms with van der Waals surface area (Å²) in [6, 6.07) is 0.583. The van der Waals surface area contributed by atoms with Gasteiger partial charge >= 0.3 is 0 Å². The Morgan fingerprint density at radius 2 is 2.14 bits per heavy atom. The van der Waals surface area contributed by atoms with Gasteiger partial charge in [0.25, 0.3) is 0 Å². The number of aromatic nitrogens is 3. The molecule has 2 aromatic heterocycles. The van der Waals surface area contributed by atoms with E-state index < -0.39 is 0 Å². The van der Waals surface area contributed by atoms with E-state index in [1.54, 1.807) is 6.20 Å². The number of anilines is 2. The molecule has 0 aliphatic rings. The molecule has 2 aromatic rings. The molecule has 0 amide bonds. The normalized spacial score (nSPS) is 11.5. The molecule has 0 saturated carbocycles. The highest BCUT2D eigenvalue weighted by atomic mass is 15.1. The van der Waals surface area contributed by atoms with Crippen molar-refractivity contribution in [2.75, 3.05) is 37.3 Å². The number of hydrogen-bond acceptors (Lipinski definition) is 5. The Morgan fingerprint density at radius 1 is 1.33 bits per heavy atom. The third-order valence-corrected chi connectivity index (χ3v) is 3.59. The van der Waals surface area contributed by atoms with Crippen LogP contribution in [0.15, 0.2) is 18.6 Å². The lowest BCUT2D eigenvalue weighted by Crippen LogP contribution is -2.28. The Morgan fingerprint density at radius 3 is 2.86 bits per heavy atom. The second-order valence-electron chi connectivity index (χ2n) is 5.52. The number of nitrogens with one attached hydrogen (secondary N) is 2. The van der Waals surface area contributed by atoms with Crippen molar-refractivity contribution in [1.29, 1.82) is 0 Å². The average Bonchev–Trinajstić information content (AvgIpc) is 2.91. The van der Waals surface area contributed by atoms with Crippen LogP contribution in [0.2, 0.25) is 0 Å². The number of hydrogen-bond donors (Lipinski definition) is 2. The van der Waals surface area contributed by atoms with Crippen LogP contribution in [0.25, 0.3) is 5.65 Å². The zero-order chi connectivity index (χ0) is 15.2. The summed E-state index contributed by atoms with van der Waals surface area (Å²) in [6.45, 7) is 9.30. The lowest BCUT2D eigenvalue weighted by molar-refractivity contribution is 0.273. The first kappa shape index (κ1) is 15.6. The fourth-order valence-corrected chi connectivity index (χ4v) is 2.11. The topological polar surface area (TPSA) is 57.5 Å². The maximum absolute atomic E-state index is 4.60. The Balaban J connectivity index is 1.98. The van der Waals surface area contributed by atoms with E-state index in [0.717, 1.165) is 43.3 Å². The van der Waals surface area contributed by atoms with Crippen LogP contribution in [-0.2, 0) is 0 Å². The minimum atomic E-state index is 0.583. The van der Waals surface area contributed by atoms with Crippen LogP contribution in [0.3, 0.4) is 0 Å². The van der Waals surface area contributed by atoms with Crippen LogP contribution >= 0.6 is 0 Å². The Kier molecular flexibility index (Phi) is 5.38. The molecule has 0 spiro atoms. The van der Waals surface area contributed by atoms with E-state index in [9.17, 15) is 0 Å². The van der Waals surface area contributed by atoms with Gasteiger partial charge in [-0.3, -0.25) is 0 Å². The number of fused-ring (bicyclic) bond motifs is 1. The van der Waals surface area contributed by atoms with Crippen LogP contribution in [0.4, 0.5) is 11.6 Å². The maximum atomic E-state index is 4.60. The number of rotatable bonds is 8. The first-order chi connectivity index (χ1) is 10.1. The zero-order valence-electron chi connectivity index (χ0n) is 13.4. The maximum Gasteiger partial charge on any atom is 0.180 e. The van der Waals surface area contributed by atoms with Crippen LogP contribution in [0, 0.1) is 0 Å². The van der Waals surface area contributed by atoms with Crippen molar-refractivity contribution in [2.24, 2.45) is 0 Å². The molecule has 0 radical (unpaired) electrons. The summed E-state index contributed by atoms with van der Waals surface area (Å²) in [4.78, 5) is 11.3. The summed E-state index contributed by atoms with van der Waals surface area (Å²) in [7, 11) is 2.15. The molecule has 116 valence electrons. The molecule has 0 unspecified atom stereocenters. The van der Waals surface area contributed by atoms with Gasteiger partial charge in [0.05, 0.1) is 6.20 Å². The molecule has 0 fully saturated rings. The molecule has 0 aromatic carbocycles. The number of nitrogens with zero attached hydrogens (tertiary/aromatic N) is 4. The van der Waals surface area contributed by atoms with Gasteiger partial charge in [0, 0.05) is 31.5 Å².